The van der Waals surface area contributed by atoms with Crippen LogP contribution in [0.3, 0.4) is 0 Å². The fourth-order valence-electron chi connectivity index (χ4n) is 1.61. The molecule has 1 aliphatic heterocycles. The van der Waals surface area contributed by atoms with E-state index in [1.54, 1.807) is 0 Å². The first kappa shape index (κ1) is 16.4. The van der Waals surface area contributed by atoms with Gasteiger partial charge in [-0.2, -0.15) is 0 Å². The first-order valence-corrected chi connectivity index (χ1v) is 6.75. The highest BCUT2D eigenvalue weighted by molar-refractivity contribution is 5.88. The van der Waals surface area contributed by atoms with E-state index in [1.807, 2.05) is 0 Å². The molecule has 1 aliphatic rings. The van der Waals surface area contributed by atoms with Crippen molar-refractivity contribution in [3.63, 3.8) is 0 Å². The van der Waals surface area contributed by atoms with E-state index in [-0.39, 0.29) is 6.29 Å². The molecule has 1 rings (SSSR count). The van der Waals surface area contributed by atoms with Crippen LogP contribution in [0.15, 0.2) is 0 Å². The van der Waals surface area contributed by atoms with Gasteiger partial charge in [-0.25, -0.2) is 4.79 Å². The second-order valence-electron chi connectivity index (χ2n) is 4.36. The molecule has 20 heavy (non-hydrogen) atoms. The van der Waals surface area contributed by atoms with E-state index in [9.17, 15) is 9.90 Å². The van der Waals surface area contributed by atoms with Crippen LogP contribution in [0.4, 0.5) is 0 Å². The maximum atomic E-state index is 10.7. The predicted octanol–water partition coefficient (Wildman–Crippen LogP) is 1.20. The molecule has 0 aromatic carbocycles. The monoisotopic (exact) mass is 280 g/mol. The van der Waals surface area contributed by atoms with Crippen molar-refractivity contribution in [3.8, 4) is 23.9 Å². The minimum atomic E-state index is -0.751. The third-order valence-electron chi connectivity index (χ3n) is 2.71. The molecule has 0 radical (unpaired) electrons. The lowest BCUT2D eigenvalue weighted by Crippen LogP contribution is -2.20. The van der Waals surface area contributed by atoms with Gasteiger partial charge in [0, 0.05) is 18.8 Å². The van der Waals surface area contributed by atoms with Gasteiger partial charge in [0.1, 0.15) is 12.2 Å². The Kier molecular flexibility index (Phi) is 8.30. The summed E-state index contributed by atoms with van der Waals surface area (Å²) in [5.41, 5.74) is 0. The summed E-state index contributed by atoms with van der Waals surface area (Å²) in [5, 5.41) is 9.60. The molecule has 2 unspecified atom stereocenters. The summed E-state index contributed by atoms with van der Waals surface area (Å²) in [5.74, 6) is 7.04. The van der Waals surface area contributed by atoms with Crippen molar-refractivity contribution >= 4 is 5.97 Å². The number of ether oxygens (including phenoxy) is 3. The highest BCUT2D eigenvalue weighted by Crippen LogP contribution is 2.12. The van der Waals surface area contributed by atoms with Crippen molar-refractivity contribution in [2.75, 3.05) is 13.7 Å². The van der Waals surface area contributed by atoms with Crippen LogP contribution in [-0.4, -0.2) is 37.2 Å². The average Bonchev–Trinajstić information content (AvgIpc) is 2.47. The minimum absolute atomic E-state index is 0.269. The first-order valence-electron chi connectivity index (χ1n) is 6.75. The zero-order valence-electron chi connectivity index (χ0n) is 11.7. The molecule has 1 fully saturated rings. The minimum Gasteiger partial charge on any atom is -0.459 e. The molecule has 5 heteroatoms. The van der Waals surface area contributed by atoms with E-state index >= 15 is 0 Å². The molecule has 0 amide bonds. The molecule has 0 aliphatic carbocycles. The van der Waals surface area contributed by atoms with Gasteiger partial charge in [-0.1, -0.05) is 5.92 Å². The van der Waals surface area contributed by atoms with Crippen LogP contribution < -0.4 is 0 Å². The summed E-state index contributed by atoms with van der Waals surface area (Å²) < 4.78 is 14.9. The SMILES string of the molecule is COC(=O)C#CCCCC(O)C#COC1CCCCO1. The zero-order chi connectivity index (χ0) is 14.6. The molecule has 0 aromatic rings. The van der Waals surface area contributed by atoms with Crippen molar-refractivity contribution in [2.24, 2.45) is 0 Å². The second-order valence-corrected chi connectivity index (χ2v) is 4.36. The van der Waals surface area contributed by atoms with E-state index in [2.05, 4.69) is 28.6 Å². The van der Waals surface area contributed by atoms with Gasteiger partial charge < -0.3 is 19.3 Å². The molecule has 0 spiro atoms. The van der Waals surface area contributed by atoms with Crippen LogP contribution >= 0.6 is 0 Å². The van der Waals surface area contributed by atoms with E-state index in [1.165, 1.54) is 7.11 Å². The van der Waals surface area contributed by atoms with Gasteiger partial charge in [-0.3, -0.25) is 0 Å². The number of unbranched alkanes of at least 4 members (excludes halogenated alkanes) is 1. The second kappa shape index (κ2) is 10.1. The number of hydrogen-bond donors (Lipinski definition) is 1. The van der Waals surface area contributed by atoms with Gasteiger partial charge in [0.15, 0.2) is 0 Å². The molecule has 1 saturated heterocycles. The number of aliphatic hydroxyl groups excluding tert-OH is 1. The Morgan fingerprint density at radius 1 is 1.50 bits per heavy atom. The molecule has 0 aromatic heterocycles. The summed E-state index contributed by atoms with van der Waals surface area (Å²) in [7, 11) is 1.28. The molecular formula is C15H20O5. The summed E-state index contributed by atoms with van der Waals surface area (Å²) in [4.78, 5) is 10.7. The van der Waals surface area contributed by atoms with Gasteiger partial charge in [0.2, 0.25) is 6.29 Å². The maximum Gasteiger partial charge on any atom is 0.384 e. The number of carbonyl (C=O) groups excluding carboxylic acids is 1. The van der Waals surface area contributed by atoms with Crippen LogP contribution in [0.1, 0.15) is 38.5 Å². The van der Waals surface area contributed by atoms with Gasteiger partial charge in [-0.15, -0.1) is 0 Å². The quantitative estimate of drug-likeness (QED) is 0.363. The molecule has 1 N–H and O–H groups in total. The Morgan fingerprint density at radius 3 is 3.05 bits per heavy atom. The molecular weight excluding hydrogens is 260 g/mol. The summed E-state index contributed by atoms with van der Waals surface area (Å²) in [6.45, 7) is 0.702. The van der Waals surface area contributed by atoms with Crippen molar-refractivity contribution in [1.82, 2.24) is 0 Å². The van der Waals surface area contributed by atoms with Crippen molar-refractivity contribution in [3.05, 3.63) is 0 Å². The third-order valence-corrected chi connectivity index (χ3v) is 2.71. The zero-order valence-corrected chi connectivity index (χ0v) is 11.7. The van der Waals surface area contributed by atoms with E-state index in [4.69, 9.17) is 9.47 Å². The number of hydrogen-bond acceptors (Lipinski definition) is 5. The van der Waals surface area contributed by atoms with Crippen molar-refractivity contribution < 1.29 is 24.1 Å². The largest absolute Gasteiger partial charge is 0.459 e. The molecule has 2 atom stereocenters. The fraction of sp³-hybridized carbons (Fsp3) is 0.667. The van der Waals surface area contributed by atoms with E-state index in [0.29, 0.717) is 25.9 Å². The van der Waals surface area contributed by atoms with Crippen LogP contribution in [0.25, 0.3) is 0 Å². The number of carbonyl (C=O) groups is 1. The van der Waals surface area contributed by atoms with Gasteiger partial charge in [-0.05, 0) is 31.6 Å². The van der Waals surface area contributed by atoms with Crippen LogP contribution in [0, 0.1) is 23.9 Å². The fourth-order valence-corrected chi connectivity index (χ4v) is 1.61. The van der Waals surface area contributed by atoms with Crippen molar-refractivity contribution in [2.45, 2.75) is 50.9 Å². The van der Waals surface area contributed by atoms with E-state index in [0.717, 1.165) is 19.3 Å². The lowest BCUT2D eigenvalue weighted by Gasteiger charge is -2.19. The Balaban J connectivity index is 2.11. The molecule has 110 valence electrons. The number of esters is 1. The van der Waals surface area contributed by atoms with Crippen LogP contribution in [0.5, 0.6) is 0 Å². The lowest BCUT2D eigenvalue weighted by atomic mass is 10.1. The van der Waals surface area contributed by atoms with Crippen molar-refractivity contribution in [1.29, 1.82) is 0 Å². The topological polar surface area (TPSA) is 65.0 Å². The van der Waals surface area contributed by atoms with Gasteiger partial charge in [0.05, 0.1) is 13.7 Å². The maximum absolute atomic E-state index is 10.7. The Hall–Kier alpha value is -1.69. The lowest BCUT2D eigenvalue weighted by molar-refractivity contribution is -0.133. The molecule has 0 saturated carbocycles. The average molecular weight is 280 g/mol. The molecule has 0 bridgehead atoms. The highest BCUT2D eigenvalue weighted by atomic mass is 16.7. The summed E-state index contributed by atoms with van der Waals surface area (Å²) in [6.07, 6.45) is 6.09. The molecule has 5 nitrogen and oxygen atoms in total. The number of methoxy groups -OCH3 is 1. The van der Waals surface area contributed by atoms with Crippen LogP contribution in [-0.2, 0) is 19.0 Å². The number of rotatable bonds is 4. The Morgan fingerprint density at radius 2 is 2.35 bits per heavy atom. The number of aliphatic hydroxyl groups is 1. The van der Waals surface area contributed by atoms with Gasteiger partial charge >= 0.3 is 5.97 Å². The standard InChI is InChI=1S/C15H20O5/c1-18-14(17)8-4-2-3-7-13(16)10-12-20-15-9-5-6-11-19-15/h13,15-16H,2-3,5-7,9,11H2,1H3. The first-order chi connectivity index (χ1) is 9.72. The summed E-state index contributed by atoms with van der Waals surface area (Å²) >= 11 is 0. The predicted molar refractivity (Wildman–Crippen MR) is 72.1 cm³/mol. The Labute approximate surface area is 119 Å². The third kappa shape index (κ3) is 7.68. The van der Waals surface area contributed by atoms with Gasteiger partial charge in [0.25, 0.3) is 0 Å². The smallest absolute Gasteiger partial charge is 0.384 e. The summed E-state index contributed by atoms with van der Waals surface area (Å²) in [6, 6.07) is 0. The normalized spacial score (nSPS) is 18.8. The van der Waals surface area contributed by atoms with E-state index < -0.39 is 12.1 Å². The molecule has 1 heterocycles. The van der Waals surface area contributed by atoms with Crippen LogP contribution in [0.2, 0.25) is 0 Å². The Bertz CT molecular complexity index is 403. The highest BCUT2D eigenvalue weighted by Gasteiger charge is 2.13.